The van der Waals surface area contributed by atoms with Crippen LogP contribution in [0.5, 0.6) is 0 Å². The summed E-state index contributed by atoms with van der Waals surface area (Å²) in [5.41, 5.74) is 5.60. The summed E-state index contributed by atoms with van der Waals surface area (Å²) in [6, 6.07) is 23.7. The minimum atomic E-state index is -0.416. The summed E-state index contributed by atoms with van der Waals surface area (Å²) < 4.78 is 8.50. The number of hydrogen-bond acceptors (Lipinski definition) is 3. The van der Waals surface area contributed by atoms with Gasteiger partial charge in [0, 0.05) is 38.1 Å². The Morgan fingerprint density at radius 1 is 1.09 bits per heavy atom. The van der Waals surface area contributed by atoms with Crippen molar-refractivity contribution in [2.24, 2.45) is 0 Å². The van der Waals surface area contributed by atoms with Crippen LogP contribution in [0.4, 0.5) is 0 Å². The third-order valence-corrected chi connectivity index (χ3v) is 6.39. The summed E-state index contributed by atoms with van der Waals surface area (Å²) in [4.78, 5) is 21.1. The van der Waals surface area contributed by atoms with Crippen LogP contribution in [0, 0.1) is 0 Å². The van der Waals surface area contributed by atoms with Crippen molar-refractivity contribution in [3.63, 3.8) is 0 Å². The molecular formula is C27H21BrClN3O2. The van der Waals surface area contributed by atoms with Gasteiger partial charge < -0.3 is 14.3 Å². The molecule has 0 spiro atoms. The van der Waals surface area contributed by atoms with E-state index in [1.54, 1.807) is 6.92 Å². The van der Waals surface area contributed by atoms with Crippen molar-refractivity contribution in [2.75, 3.05) is 6.61 Å². The molecule has 0 aliphatic carbocycles. The Kier molecular flexibility index (Phi) is 6.26. The monoisotopic (exact) mass is 533 g/mol. The number of fused-ring (bicyclic) bond motifs is 1. The fourth-order valence-electron chi connectivity index (χ4n) is 4.13. The number of benzene rings is 3. The maximum Gasteiger partial charge on any atom is 0.355 e. The van der Waals surface area contributed by atoms with Crippen molar-refractivity contribution in [2.45, 2.75) is 13.5 Å². The van der Waals surface area contributed by atoms with Crippen LogP contribution in [0.15, 0.2) is 83.6 Å². The molecule has 0 unspecified atom stereocenters. The van der Waals surface area contributed by atoms with Gasteiger partial charge in [-0.05, 0) is 36.8 Å². The van der Waals surface area contributed by atoms with E-state index in [0.29, 0.717) is 17.3 Å². The quantitative estimate of drug-likeness (QED) is 0.232. The number of hydrogen-bond donors (Lipinski definition) is 1. The predicted octanol–water partition coefficient (Wildman–Crippen LogP) is 7.34. The molecule has 170 valence electrons. The van der Waals surface area contributed by atoms with Crippen LogP contribution in [0.3, 0.4) is 0 Å². The first-order chi connectivity index (χ1) is 16.5. The highest BCUT2D eigenvalue weighted by Gasteiger charge is 2.26. The van der Waals surface area contributed by atoms with Crippen molar-refractivity contribution in [1.29, 1.82) is 0 Å². The molecule has 7 heteroatoms. The van der Waals surface area contributed by atoms with Gasteiger partial charge in [-0.15, -0.1) is 0 Å². The van der Waals surface area contributed by atoms with Crippen LogP contribution in [0.25, 0.3) is 33.4 Å². The summed E-state index contributed by atoms with van der Waals surface area (Å²) >= 11 is 9.77. The summed E-state index contributed by atoms with van der Waals surface area (Å²) in [5, 5.41) is 1.46. The molecule has 0 aliphatic rings. The van der Waals surface area contributed by atoms with E-state index in [-0.39, 0.29) is 6.61 Å². The molecule has 3 aromatic carbocycles. The van der Waals surface area contributed by atoms with E-state index in [1.807, 2.05) is 67.0 Å². The zero-order valence-electron chi connectivity index (χ0n) is 18.4. The van der Waals surface area contributed by atoms with Crippen LogP contribution < -0.4 is 0 Å². The van der Waals surface area contributed by atoms with Gasteiger partial charge in [0.25, 0.3) is 0 Å². The Balaban J connectivity index is 1.78. The number of nitrogens with one attached hydrogen (secondary N) is 1. The second-order valence-electron chi connectivity index (χ2n) is 7.85. The van der Waals surface area contributed by atoms with Gasteiger partial charge in [0.05, 0.1) is 24.3 Å². The zero-order chi connectivity index (χ0) is 23.7. The standard InChI is InChI=1S/C27H21BrClN3O2/c1-2-34-27(33)25-23(21-13-12-20(29)14-22(21)31-25)26-24(18-6-4-3-5-7-18)30-16-32(26)15-17-8-10-19(28)11-9-17/h3-14,16,31H,2,15H2,1H3. The van der Waals surface area contributed by atoms with Gasteiger partial charge in [0.15, 0.2) is 0 Å². The van der Waals surface area contributed by atoms with Crippen molar-refractivity contribution in [3.05, 3.63) is 99.9 Å². The molecule has 0 saturated carbocycles. The number of rotatable bonds is 6. The summed E-state index contributed by atoms with van der Waals surface area (Å²) in [6.45, 7) is 2.66. The normalized spacial score (nSPS) is 11.1. The van der Waals surface area contributed by atoms with E-state index in [0.717, 1.165) is 43.5 Å². The third kappa shape index (κ3) is 4.27. The van der Waals surface area contributed by atoms with Gasteiger partial charge in [-0.2, -0.15) is 0 Å². The third-order valence-electron chi connectivity index (χ3n) is 5.63. The topological polar surface area (TPSA) is 59.9 Å². The van der Waals surface area contributed by atoms with E-state index in [2.05, 4.69) is 37.6 Å². The molecule has 0 atom stereocenters. The molecule has 34 heavy (non-hydrogen) atoms. The van der Waals surface area contributed by atoms with Gasteiger partial charge in [-0.25, -0.2) is 9.78 Å². The van der Waals surface area contributed by atoms with Gasteiger partial charge in [0.1, 0.15) is 5.69 Å². The molecule has 5 nitrogen and oxygen atoms in total. The zero-order valence-corrected chi connectivity index (χ0v) is 20.7. The van der Waals surface area contributed by atoms with E-state index in [9.17, 15) is 4.79 Å². The van der Waals surface area contributed by atoms with Crippen LogP contribution in [0.1, 0.15) is 23.0 Å². The minimum Gasteiger partial charge on any atom is -0.461 e. The fourth-order valence-corrected chi connectivity index (χ4v) is 4.57. The van der Waals surface area contributed by atoms with Crippen molar-refractivity contribution in [3.8, 4) is 22.5 Å². The van der Waals surface area contributed by atoms with Crippen molar-refractivity contribution in [1.82, 2.24) is 14.5 Å². The molecule has 0 aliphatic heterocycles. The van der Waals surface area contributed by atoms with E-state index in [4.69, 9.17) is 21.3 Å². The van der Waals surface area contributed by atoms with E-state index >= 15 is 0 Å². The number of ether oxygens (including phenoxy) is 1. The van der Waals surface area contributed by atoms with Crippen LogP contribution >= 0.6 is 27.5 Å². The number of esters is 1. The fraction of sp³-hybridized carbons (Fsp3) is 0.111. The second kappa shape index (κ2) is 9.49. The smallest absolute Gasteiger partial charge is 0.355 e. The minimum absolute atomic E-state index is 0.276. The maximum absolute atomic E-state index is 13.0. The van der Waals surface area contributed by atoms with Crippen LogP contribution in [0.2, 0.25) is 5.02 Å². The molecular weight excluding hydrogens is 514 g/mol. The van der Waals surface area contributed by atoms with Gasteiger partial charge >= 0.3 is 5.97 Å². The Morgan fingerprint density at radius 2 is 1.85 bits per heavy atom. The SMILES string of the molecule is CCOC(=O)c1[nH]c2cc(Cl)ccc2c1-c1c(-c2ccccc2)ncn1Cc1ccc(Br)cc1. The Bertz CT molecular complexity index is 1470. The molecule has 0 amide bonds. The number of aromatic amines is 1. The molecule has 2 aromatic heterocycles. The maximum atomic E-state index is 13.0. The number of halogens is 2. The first kappa shape index (κ1) is 22.4. The largest absolute Gasteiger partial charge is 0.461 e. The summed E-state index contributed by atoms with van der Waals surface area (Å²) in [5.74, 6) is -0.416. The average Bonchev–Trinajstić information content (AvgIpc) is 3.41. The number of carbonyl (C=O) groups excluding carboxylic acids is 1. The summed E-state index contributed by atoms with van der Waals surface area (Å²) in [7, 11) is 0. The predicted molar refractivity (Wildman–Crippen MR) is 139 cm³/mol. The molecule has 0 bridgehead atoms. The lowest BCUT2D eigenvalue weighted by molar-refractivity contribution is 0.0521. The lowest BCUT2D eigenvalue weighted by Crippen LogP contribution is -2.08. The highest BCUT2D eigenvalue weighted by atomic mass is 79.9. The first-order valence-electron chi connectivity index (χ1n) is 10.9. The highest BCUT2D eigenvalue weighted by Crippen LogP contribution is 2.39. The van der Waals surface area contributed by atoms with Gasteiger partial charge in [0.2, 0.25) is 0 Å². The van der Waals surface area contributed by atoms with Crippen LogP contribution in [-0.4, -0.2) is 27.1 Å². The first-order valence-corrected chi connectivity index (χ1v) is 12.1. The number of imidazole rings is 1. The molecule has 5 aromatic rings. The van der Waals surface area contributed by atoms with Gasteiger partial charge in [-0.1, -0.05) is 76.1 Å². The number of nitrogens with zero attached hydrogens (tertiary/aromatic N) is 2. The number of H-pyrrole nitrogens is 1. The highest BCUT2D eigenvalue weighted by molar-refractivity contribution is 9.10. The van der Waals surface area contributed by atoms with Crippen LogP contribution in [-0.2, 0) is 11.3 Å². The molecule has 1 N–H and O–H groups in total. The molecule has 0 fully saturated rings. The molecule has 2 heterocycles. The molecule has 0 saturated heterocycles. The second-order valence-corrected chi connectivity index (χ2v) is 9.20. The van der Waals surface area contributed by atoms with Crippen molar-refractivity contribution < 1.29 is 9.53 Å². The summed E-state index contributed by atoms with van der Waals surface area (Å²) in [6.07, 6.45) is 1.82. The average molecular weight is 535 g/mol. The van der Waals surface area contributed by atoms with E-state index < -0.39 is 5.97 Å². The lowest BCUT2D eigenvalue weighted by Gasteiger charge is -2.12. The Labute approximate surface area is 210 Å². The van der Waals surface area contributed by atoms with E-state index in [1.165, 1.54) is 0 Å². The van der Waals surface area contributed by atoms with Crippen molar-refractivity contribution >= 4 is 44.4 Å². The Morgan fingerprint density at radius 3 is 2.59 bits per heavy atom. The molecule has 5 rings (SSSR count). The lowest BCUT2D eigenvalue weighted by atomic mass is 10.0. The molecule has 0 radical (unpaired) electrons. The number of carbonyl (C=O) groups is 1. The Hall–Kier alpha value is -3.35. The number of aromatic nitrogens is 3. The van der Waals surface area contributed by atoms with Gasteiger partial charge in [-0.3, -0.25) is 0 Å².